The molecule has 0 bridgehead atoms. The van der Waals surface area contributed by atoms with E-state index in [2.05, 4.69) is 5.32 Å². The third-order valence-electron chi connectivity index (χ3n) is 5.48. The molecule has 0 atom stereocenters. The molecule has 0 aromatic heterocycles. The van der Waals surface area contributed by atoms with Gasteiger partial charge in [-0.25, -0.2) is 13.2 Å². The van der Waals surface area contributed by atoms with Gasteiger partial charge < -0.3 is 29.0 Å². The smallest absolute Gasteiger partial charge is 0.340 e. The average molecular weight is 545 g/mol. The Balaban J connectivity index is 2.02. The minimum Gasteiger partial charge on any atom is -0.493 e. The number of amides is 1. The molecular weight excluding hydrogens is 516 g/mol. The molecule has 0 radical (unpaired) electrons. The summed E-state index contributed by atoms with van der Waals surface area (Å²) in [4.78, 5) is 25.5. The van der Waals surface area contributed by atoms with Crippen molar-refractivity contribution in [2.24, 2.45) is 0 Å². The van der Waals surface area contributed by atoms with Crippen molar-refractivity contribution in [3.63, 3.8) is 0 Å². The monoisotopic (exact) mass is 544 g/mol. The highest BCUT2D eigenvalue weighted by molar-refractivity contribution is 7.92. The number of benzene rings is 3. The molecule has 0 saturated carbocycles. The number of methoxy groups -OCH3 is 5. The summed E-state index contributed by atoms with van der Waals surface area (Å²) in [6.07, 6.45) is 0. The summed E-state index contributed by atoms with van der Waals surface area (Å²) in [7, 11) is 2.55. The largest absolute Gasteiger partial charge is 0.493 e. The zero-order valence-corrected chi connectivity index (χ0v) is 22.3. The second-order valence-electron chi connectivity index (χ2n) is 7.66. The third kappa shape index (κ3) is 5.92. The van der Waals surface area contributed by atoms with E-state index in [1.54, 1.807) is 30.3 Å². The van der Waals surface area contributed by atoms with Crippen molar-refractivity contribution in [3.8, 4) is 23.0 Å². The van der Waals surface area contributed by atoms with Crippen molar-refractivity contribution in [2.45, 2.75) is 4.90 Å². The van der Waals surface area contributed by atoms with E-state index < -0.39 is 28.4 Å². The minimum absolute atomic E-state index is 0.00694. The van der Waals surface area contributed by atoms with Crippen LogP contribution in [0.25, 0.3) is 0 Å². The van der Waals surface area contributed by atoms with Crippen LogP contribution in [0.4, 0.5) is 11.4 Å². The molecule has 0 aliphatic carbocycles. The van der Waals surface area contributed by atoms with Gasteiger partial charge in [-0.15, -0.1) is 0 Å². The molecule has 3 rings (SSSR count). The lowest BCUT2D eigenvalue weighted by Crippen LogP contribution is -2.38. The van der Waals surface area contributed by atoms with Crippen molar-refractivity contribution in [3.05, 3.63) is 66.2 Å². The molecule has 0 aliphatic rings. The van der Waals surface area contributed by atoms with Gasteiger partial charge in [0.25, 0.3) is 10.0 Å². The zero-order valence-electron chi connectivity index (χ0n) is 21.5. The number of nitrogens with zero attached hydrogens (tertiary/aromatic N) is 1. The fourth-order valence-corrected chi connectivity index (χ4v) is 5.03. The van der Waals surface area contributed by atoms with Crippen LogP contribution in [0.3, 0.4) is 0 Å². The Hall–Kier alpha value is -4.45. The number of para-hydroxylation sites is 1. The Labute approximate surface area is 220 Å². The lowest BCUT2D eigenvalue weighted by molar-refractivity contribution is -0.114. The van der Waals surface area contributed by atoms with Crippen LogP contribution in [0.5, 0.6) is 23.0 Å². The number of hydrogen-bond acceptors (Lipinski definition) is 9. The molecule has 202 valence electrons. The first-order valence-electron chi connectivity index (χ1n) is 11.1. The number of sulfonamides is 1. The van der Waals surface area contributed by atoms with Crippen LogP contribution in [-0.4, -0.2) is 62.4 Å². The zero-order chi connectivity index (χ0) is 27.9. The van der Waals surface area contributed by atoms with Gasteiger partial charge >= 0.3 is 5.97 Å². The summed E-state index contributed by atoms with van der Waals surface area (Å²) < 4.78 is 54.2. The summed E-state index contributed by atoms with van der Waals surface area (Å²) in [5, 5.41) is 2.59. The van der Waals surface area contributed by atoms with E-state index in [-0.39, 0.29) is 39.1 Å². The van der Waals surface area contributed by atoms with Gasteiger partial charge in [-0.05, 0) is 24.3 Å². The fourth-order valence-electron chi connectivity index (χ4n) is 3.59. The summed E-state index contributed by atoms with van der Waals surface area (Å²) >= 11 is 0. The number of carbonyl (C=O) groups excluding carboxylic acids is 2. The number of rotatable bonds is 11. The first-order valence-corrected chi connectivity index (χ1v) is 12.6. The summed E-state index contributed by atoms with van der Waals surface area (Å²) in [6.45, 7) is -0.615. The lowest BCUT2D eigenvalue weighted by Gasteiger charge is -2.25. The van der Waals surface area contributed by atoms with Crippen LogP contribution < -0.4 is 28.6 Å². The normalized spacial score (nSPS) is 10.8. The quantitative estimate of drug-likeness (QED) is 0.361. The number of nitrogens with one attached hydrogen (secondary N) is 1. The molecule has 1 N–H and O–H groups in total. The predicted molar refractivity (Wildman–Crippen MR) is 140 cm³/mol. The topological polar surface area (TPSA) is 130 Å². The van der Waals surface area contributed by atoms with Gasteiger partial charge in [-0.3, -0.25) is 9.10 Å². The second kappa shape index (κ2) is 12.2. The van der Waals surface area contributed by atoms with E-state index in [0.29, 0.717) is 5.75 Å². The Morgan fingerprint density at radius 3 is 1.92 bits per heavy atom. The molecular formula is C26H28N2O9S. The van der Waals surface area contributed by atoms with E-state index in [9.17, 15) is 18.0 Å². The van der Waals surface area contributed by atoms with Crippen LogP contribution in [0.2, 0.25) is 0 Å². The maximum absolute atomic E-state index is 13.7. The molecule has 0 fully saturated rings. The predicted octanol–water partition coefficient (Wildman–Crippen LogP) is 3.34. The first kappa shape index (κ1) is 28.1. The number of hydrogen-bond donors (Lipinski definition) is 1. The Morgan fingerprint density at radius 2 is 1.34 bits per heavy atom. The van der Waals surface area contributed by atoms with E-state index in [1.165, 1.54) is 65.9 Å². The molecule has 1 amide bonds. The number of carbonyl (C=O) groups is 2. The summed E-state index contributed by atoms with van der Waals surface area (Å²) in [6, 6.07) is 15.0. The Kier molecular flexibility index (Phi) is 9.02. The van der Waals surface area contributed by atoms with E-state index in [4.69, 9.17) is 23.7 Å². The van der Waals surface area contributed by atoms with Gasteiger partial charge in [-0.1, -0.05) is 18.2 Å². The molecule has 0 aliphatic heterocycles. The van der Waals surface area contributed by atoms with Crippen molar-refractivity contribution >= 4 is 33.3 Å². The maximum atomic E-state index is 13.7. The van der Waals surface area contributed by atoms with E-state index >= 15 is 0 Å². The van der Waals surface area contributed by atoms with Gasteiger partial charge in [0.2, 0.25) is 5.91 Å². The van der Waals surface area contributed by atoms with Crippen molar-refractivity contribution < 1.29 is 41.7 Å². The molecule has 3 aromatic rings. The molecule has 0 unspecified atom stereocenters. The average Bonchev–Trinajstić information content (AvgIpc) is 2.95. The molecule has 0 heterocycles. The van der Waals surface area contributed by atoms with Crippen LogP contribution >= 0.6 is 0 Å². The van der Waals surface area contributed by atoms with Gasteiger partial charge in [0.15, 0.2) is 23.0 Å². The standard InChI is InChI=1S/C26H28N2O9S/c1-33-21-12-11-18(13-22(21)34-2)38(31,32)28(17-9-7-6-8-10-17)16-25(29)27-20-15-24(36-4)23(35-3)14-19(20)26(30)37-5/h6-15H,16H2,1-5H3,(H,27,29). The second-order valence-corrected chi connectivity index (χ2v) is 9.52. The van der Waals surface area contributed by atoms with Crippen molar-refractivity contribution in [2.75, 3.05) is 51.7 Å². The highest BCUT2D eigenvalue weighted by atomic mass is 32.2. The highest BCUT2D eigenvalue weighted by Gasteiger charge is 2.29. The van der Waals surface area contributed by atoms with Crippen LogP contribution in [0, 0.1) is 0 Å². The van der Waals surface area contributed by atoms with Gasteiger partial charge in [0.1, 0.15) is 6.54 Å². The summed E-state index contributed by atoms with van der Waals surface area (Å²) in [5.74, 6) is -0.422. The van der Waals surface area contributed by atoms with Crippen LogP contribution in [-0.2, 0) is 19.6 Å². The highest BCUT2D eigenvalue weighted by Crippen LogP contribution is 2.35. The van der Waals surface area contributed by atoms with Gasteiger partial charge in [-0.2, -0.15) is 0 Å². The molecule has 3 aromatic carbocycles. The molecule has 0 saturated heterocycles. The Morgan fingerprint density at radius 1 is 0.763 bits per heavy atom. The first-order chi connectivity index (χ1) is 18.2. The van der Waals surface area contributed by atoms with E-state index in [1.807, 2.05) is 0 Å². The van der Waals surface area contributed by atoms with E-state index in [0.717, 1.165) is 4.31 Å². The number of ether oxygens (including phenoxy) is 5. The molecule has 38 heavy (non-hydrogen) atoms. The summed E-state index contributed by atoms with van der Waals surface area (Å²) in [5.41, 5.74) is 0.293. The fraction of sp³-hybridized carbons (Fsp3) is 0.231. The molecule has 11 nitrogen and oxygen atoms in total. The molecule has 0 spiro atoms. The Bertz CT molecular complexity index is 1410. The number of esters is 1. The van der Waals surface area contributed by atoms with Crippen molar-refractivity contribution in [1.82, 2.24) is 0 Å². The van der Waals surface area contributed by atoms with Gasteiger partial charge in [0.05, 0.1) is 57.4 Å². The molecule has 12 heteroatoms. The minimum atomic E-state index is -4.25. The lowest BCUT2D eigenvalue weighted by atomic mass is 10.1. The SMILES string of the molecule is COC(=O)c1cc(OC)c(OC)cc1NC(=O)CN(c1ccccc1)S(=O)(=O)c1ccc(OC)c(OC)c1. The van der Waals surface area contributed by atoms with Crippen LogP contribution in [0.1, 0.15) is 10.4 Å². The maximum Gasteiger partial charge on any atom is 0.340 e. The van der Waals surface area contributed by atoms with Crippen LogP contribution in [0.15, 0.2) is 65.6 Å². The van der Waals surface area contributed by atoms with Crippen molar-refractivity contribution in [1.29, 1.82) is 0 Å². The number of anilines is 2. The third-order valence-corrected chi connectivity index (χ3v) is 7.25. The van der Waals surface area contributed by atoms with Gasteiger partial charge in [0, 0.05) is 18.2 Å².